The minimum Gasteiger partial charge on any atom is -0.298 e. The van der Waals surface area contributed by atoms with Gasteiger partial charge in [0.25, 0.3) is 0 Å². The van der Waals surface area contributed by atoms with Crippen LogP contribution in [0.4, 0.5) is 0 Å². The van der Waals surface area contributed by atoms with Gasteiger partial charge in [-0.25, -0.2) is 8.42 Å². The van der Waals surface area contributed by atoms with Gasteiger partial charge < -0.3 is 0 Å². The van der Waals surface area contributed by atoms with Crippen molar-refractivity contribution in [2.75, 3.05) is 29.9 Å². The van der Waals surface area contributed by atoms with Crippen molar-refractivity contribution >= 4 is 25.8 Å². The predicted molar refractivity (Wildman–Crippen MR) is 71.9 cm³/mol. The Bertz CT molecular complexity index is 305. The smallest absolute Gasteiger partial charge is 0.151 e. The average Bonchev–Trinajstić information content (AvgIpc) is 2.56. The third-order valence-corrected chi connectivity index (χ3v) is 5.86. The van der Waals surface area contributed by atoms with Crippen molar-refractivity contribution < 1.29 is 8.42 Å². The lowest BCUT2D eigenvalue weighted by atomic mass is 10.1. The highest BCUT2D eigenvalue weighted by Gasteiger charge is 2.30. The molecule has 16 heavy (non-hydrogen) atoms. The third-order valence-electron chi connectivity index (χ3n) is 3.36. The molecule has 0 radical (unpaired) electrons. The second-order valence-electron chi connectivity index (χ2n) is 4.68. The second kappa shape index (κ2) is 6.36. The molecule has 1 aliphatic heterocycles. The summed E-state index contributed by atoms with van der Waals surface area (Å²) >= 11 is 3.52. The Morgan fingerprint density at radius 2 is 2.06 bits per heavy atom. The number of sulfone groups is 1. The van der Waals surface area contributed by atoms with Crippen molar-refractivity contribution in [3.8, 4) is 0 Å². The molecule has 0 aromatic heterocycles. The monoisotopic (exact) mass is 311 g/mol. The number of hydrogen-bond donors (Lipinski definition) is 0. The molecule has 0 aromatic carbocycles. The van der Waals surface area contributed by atoms with Crippen LogP contribution in [0, 0.1) is 5.92 Å². The lowest BCUT2D eigenvalue weighted by molar-refractivity contribution is 0.266. The van der Waals surface area contributed by atoms with Crippen LogP contribution in [0.3, 0.4) is 0 Å². The first-order valence-corrected chi connectivity index (χ1v) is 8.95. The van der Waals surface area contributed by atoms with E-state index in [-0.39, 0.29) is 0 Å². The Balaban J connectivity index is 2.44. The highest BCUT2D eigenvalue weighted by atomic mass is 79.9. The highest BCUT2D eigenvalue weighted by molar-refractivity contribution is 9.09. The van der Waals surface area contributed by atoms with Gasteiger partial charge in [0.1, 0.15) is 0 Å². The number of rotatable bonds is 6. The summed E-state index contributed by atoms with van der Waals surface area (Å²) < 4.78 is 23.3. The molecule has 3 nitrogen and oxygen atoms in total. The predicted octanol–water partition coefficient (Wildman–Crippen LogP) is 1.92. The van der Waals surface area contributed by atoms with Crippen LogP contribution in [0.15, 0.2) is 0 Å². The van der Waals surface area contributed by atoms with Crippen molar-refractivity contribution in [2.24, 2.45) is 5.92 Å². The van der Waals surface area contributed by atoms with Crippen molar-refractivity contribution in [3.05, 3.63) is 0 Å². The van der Waals surface area contributed by atoms with E-state index in [0.717, 1.165) is 18.3 Å². The van der Waals surface area contributed by atoms with Crippen LogP contribution in [-0.2, 0) is 9.84 Å². The molecule has 0 saturated carbocycles. The van der Waals surface area contributed by atoms with E-state index in [2.05, 4.69) is 27.8 Å². The summed E-state index contributed by atoms with van der Waals surface area (Å²) in [5.41, 5.74) is 0. The molecule has 0 aromatic rings. The number of alkyl halides is 1. The molecular formula is C11H22BrNO2S. The van der Waals surface area contributed by atoms with Gasteiger partial charge in [0, 0.05) is 23.7 Å². The SMILES string of the molecule is CCCS(=O)(=O)CCN1CCC(C)C1CBr. The van der Waals surface area contributed by atoms with Gasteiger partial charge in [-0.3, -0.25) is 4.90 Å². The van der Waals surface area contributed by atoms with Crippen LogP contribution in [0.1, 0.15) is 26.7 Å². The number of halogens is 1. The molecule has 5 heteroatoms. The normalized spacial score (nSPS) is 27.4. The molecule has 2 unspecified atom stereocenters. The summed E-state index contributed by atoms with van der Waals surface area (Å²) in [6.45, 7) is 5.89. The summed E-state index contributed by atoms with van der Waals surface area (Å²) in [5.74, 6) is 1.32. The Kier molecular flexibility index (Phi) is 5.74. The van der Waals surface area contributed by atoms with Gasteiger partial charge in [-0.1, -0.05) is 29.8 Å². The molecule has 0 bridgehead atoms. The molecule has 2 atom stereocenters. The summed E-state index contributed by atoms with van der Waals surface area (Å²) in [5, 5.41) is 0.946. The molecule has 0 N–H and O–H groups in total. The van der Waals surface area contributed by atoms with Crippen molar-refractivity contribution in [3.63, 3.8) is 0 Å². The standard InChI is InChI=1S/C11H22BrNO2S/c1-3-7-16(14,15)8-6-13-5-4-10(2)11(13)9-12/h10-11H,3-9H2,1-2H3. The molecule has 1 saturated heterocycles. The van der Waals surface area contributed by atoms with Crippen molar-refractivity contribution in [1.29, 1.82) is 0 Å². The Labute approximate surface area is 108 Å². The molecule has 1 fully saturated rings. The fraction of sp³-hybridized carbons (Fsp3) is 1.00. The van der Waals surface area contributed by atoms with Crippen LogP contribution in [0.2, 0.25) is 0 Å². The maximum absolute atomic E-state index is 11.6. The number of nitrogens with zero attached hydrogens (tertiary/aromatic N) is 1. The Hall–Kier alpha value is 0.390. The van der Waals surface area contributed by atoms with E-state index in [1.165, 1.54) is 6.42 Å². The quantitative estimate of drug-likeness (QED) is 0.703. The second-order valence-corrected chi connectivity index (χ2v) is 7.63. The minimum atomic E-state index is -2.83. The highest BCUT2D eigenvalue weighted by Crippen LogP contribution is 2.24. The van der Waals surface area contributed by atoms with Crippen LogP contribution in [0.25, 0.3) is 0 Å². The average molecular weight is 312 g/mol. The van der Waals surface area contributed by atoms with Crippen LogP contribution >= 0.6 is 15.9 Å². The van der Waals surface area contributed by atoms with E-state index in [1.54, 1.807) is 0 Å². The molecule has 1 heterocycles. The summed E-state index contributed by atoms with van der Waals surface area (Å²) in [6.07, 6.45) is 1.91. The molecule has 0 aliphatic carbocycles. The van der Waals surface area contributed by atoms with Crippen LogP contribution in [-0.4, -0.2) is 49.3 Å². The fourth-order valence-corrected chi connectivity index (χ4v) is 4.67. The maximum Gasteiger partial charge on any atom is 0.151 e. The third kappa shape index (κ3) is 4.00. The van der Waals surface area contributed by atoms with E-state index in [1.807, 2.05) is 6.92 Å². The molecule has 1 rings (SSSR count). The zero-order chi connectivity index (χ0) is 12.2. The lowest BCUT2D eigenvalue weighted by Crippen LogP contribution is -2.37. The first-order chi connectivity index (χ1) is 7.50. The first kappa shape index (κ1) is 14.5. The summed E-state index contributed by atoms with van der Waals surface area (Å²) in [7, 11) is -2.83. The van der Waals surface area contributed by atoms with Gasteiger partial charge in [-0.2, -0.15) is 0 Å². The van der Waals surface area contributed by atoms with E-state index in [4.69, 9.17) is 0 Å². The summed E-state index contributed by atoms with van der Waals surface area (Å²) in [4.78, 5) is 2.31. The molecule has 96 valence electrons. The van der Waals surface area contributed by atoms with E-state index in [9.17, 15) is 8.42 Å². The Morgan fingerprint density at radius 1 is 1.38 bits per heavy atom. The van der Waals surface area contributed by atoms with E-state index < -0.39 is 9.84 Å². The van der Waals surface area contributed by atoms with Gasteiger partial charge in [0.2, 0.25) is 0 Å². The molecule has 1 aliphatic rings. The van der Waals surface area contributed by atoms with Gasteiger partial charge in [-0.15, -0.1) is 0 Å². The van der Waals surface area contributed by atoms with Crippen LogP contribution in [0.5, 0.6) is 0 Å². The molecular weight excluding hydrogens is 290 g/mol. The molecule has 0 amide bonds. The minimum absolute atomic E-state index is 0.317. The van der Waals surface area contributed by atoms with E-state index >= 15 is 0 Å². The Morgan fingerprint density at radius 3 is 2.62 bits per heavy atom. The van der Waals surface area contributed by atoms with Crippen molar-refractivity contribution in [2.45, 2.75) is 32.7 Å². The zero-order valence-electron chi connectivity index (χ0n) is 10.2. The summed E-state index contributed by atoms with van der Waals surface area (Å²) in [6, 6.07) is 0.511. The van der Waals surface area contributed by atoms with E-state index in [0.29, 0.717) is 30.0 Å². The topological polar surface area (TPSA) is 37.4 Å². The fourth-order valence-electron chi connectivity index (χ4n) is 2.28. The van der Waals surface area contributed by atoms with Crippen LogP contribution < -0.4 is 0 Å². The number of hydrogen-bond acceptors (Lipinski definition) is 3. The van der Waals surface area contributed by atoms with Gasteiger partial charge in [0.05, 0.1) is 5.75 Å². The van der Waals surface area contributed by atoms with Gasteiger partial charge >= 0.3 is 0 Å². The maximum atomic E-state index is 11.6. The van der Waals surface area contributed by atoms with Crippen molar-refractivity contribution in [1.82, 2.24) is 4.90 Å². The first-order valence-electron chi connectivity index (χ1n) is 6.00. The van der Waals surface area contributed by atoms with Gasteiger partial charge in [-0.05, 0) is 25.3 Å². The lowest BCUT2D eigenvalue weighted by Gasteiger charge is -2.24. The zero-order valence-corrected chi connectivity index (χ0v) is 12.6. The van der Waals surface area contributed by atoms with Gasteiger partial charge in [0.15, 0.2) is 9.84 Å². The molecule has 0 spiro atoms. The largest absolute Gasteiger partial charge is 0.298 e. The number of likely N-dealkylation sites (tertiary alicyclic amines) is 1.